The highest BCUT2D eigenvalue weighted by atomic mass is 19.1. The zero-order valence-corrected chi connectivity index (χ0v) is 13.6. The number of anilines is 1. The van der Waals surface area contributed by atoms with Gasteiger partial charge in [-0.25, -0.2) is 9.18 Å². The van der Waals surface area contributed by atoms with E-state index in [0.29, 0.717) is 18.4 Å². The van der Waals surface area contributed by atoms with Crippen molar-refractivity contribution in [2.45, 2.75) is 32.1 Å². The van der Waals surface area contributed by atoms with Crippen LogP contribution in [0.3, 0.4) is 0 Å². The van der Waals surface area contributed by atoms with Gasteiger partial charge >= 0.3 is 5.69 Å². The first kappa shape index (κ1) is 17.2. The Labute approximate surface area is 143 Å². The van der Waals surface area contributed by atoms with Crippen LogP contribution in [0.1, 0.15) is 35.0 Å². The summed E-state index contributed by atoms with van der Waals surface area (Å²) in [7, 11) is 0. The molecule has 2 N–H and O–H groups in total. The number of aliphatic hydroxyl groups is 1. The van der Waals surface area contributed by atoms with E-state index >= 15 is 0 Å². The van der Waals surface area contributed by atoms with Gasteiger partial charge in [0.05, 0.1) is 18.9 Å². The monoisotopic (exact) mass is 347 g/mol. The lowest BCUT2D eigenvalue weighted by Crippen LogP contribution is -2.30. The van der Waals surface area contributed by atoms with Gasteiger partial charge in [-0.2, -0.15) is 4.98 Å². The van der Waals surface area contributed by atoms with Crippen LogP contribution >= 0.6 is 0 Å². The quantitative estimate of drug-likeness (QED) is 0.876. The predicted molar refractivity (Wildman–Crippen MR) is 87.8 cm³/mol. The van der Waals surface area contributed by atoms with E-state index in [1.165, 1.54) is 0 Å². The number of aromatic nitrogens is 2. The van der Waals surface area contributed by atoms with Crippen LogP contribution in [0, 0.1) is 12.7 Å². The lowest BCUT2D eigenvalue weighted by atomic mass is 10.1. The third-order valence-corrected chi connectivity index (χ3v) is 4.05. The minimum atomic E-state index is -0.837. The summed E-state index contributed by atoms with van der Waals surface area (Å²) in [6, 6.07) is 6.72. The van der Waals surface area contributed by atoms with E-state index in [2.05, 4.69) is 10.3 Å². The van der Waals surface area contributed by atoms with E-state index in [1.807, 2.05) is 6.92 Å². The van der Waals surface area contributed by atoms with Crippen molar-refractivity contribution in [3.05, 3.63) is 57.9 Å². The molecule has 1 aliphatic heterocycles. The van der Waals surface area contributed by atoms with E-state index in [9.17, 15) is 14.0 Å². The first-order chi connectivity index (χ1) is 12.0. The van der Waals surface area contributed by atoms with Crippen LogP contribution in [-0.4, -0.2) is 33.3 Å². The summed E-state index contributed by atoms with van der Waals surface area (Å²) in [6.07, 6.45) is 0.960. The van der Waals surface area contributed by atoms with Crippen LogP contribution in [0.5, 0.6) is 0 Å². The number of aryl methyl sites for hydroxylation is 1. The third-order valence-electron chi connectivity index (χ3n) is 4.05. The molecule has 2 atom stereocenters. The van der Waals surface area contributed by atoms with Crippen LogP contribution in [0.4, 0.5) is 10.2 Å². The van der Waals surface area contributed by atoms with E-state index in [-0.39, 0.29) is 12.7 Å². The van der Waals surface area contributed by atoms with Gasteiger partial charge in [-0.1, -0.05) is 17.7 Å². The van der Waals surface area contributed by atoms with Gasteiger partial charge in [0.25, 0.3) is 5.91 Å². The van der Waals surface area contributed by atoms with Crippen molar-refractivity contribution >= 4 is 11.7 Å². The number of hydrogen-bond donors (Lipinski definition) is 2. The number of nitrogens with zero attached hydrogens (tertiary/aromatic N) is 2. The fourth-order valence-corrected chi connectivity index (χ4v) is 2.65. The molecule has 0 aliphatic carbocycles. The minimum absolute atomic E-state index is 0.161. The normalized spacial score (nSPS) is 19.8. The molecule has 1 amide bonds. The molecule has 132 valence electrons. The van der Waals surface area contributed by atoms with Crippen LogP contribution in [-0.2, 0) is 4.74 Å². The highest BCUT2D eigenvalue weighted by Gasteiger charge is 2.27. The Balaban J connectivity index is 1.79. The zero-order valence-electron chi connectivity index (χ0n) is 13.6. The molecule has 1 saturated heterocycles. The van der Waals surface area contributed by atoms with Gasteiger partial charge < -0.3 is 15.2 Å². The van der Waals surface area contributed by atoms with Gasteiger partial charge in [0.15, 0.2) is 11.6 Å². The van der Waals surface area contributed by atoms with Crippen LogP contribution in [0.25, 0.3) is 0 Å². The van der Waals surface area contributed by atoms with Crippen molar-refractivity contribution in [1.82, 2.24) is 9.55 Å². The Morgan fingerprint density at radius 1 is 1.40 bits per heavy atom. The average Bonchev–Trinajstić information content (AvgIpc) is 3.07. The van der Waals surface area contributed by atoms with Gasteiger partial charge in [0.2, 0.25) is 0 Å². The van der Waals surface area contributed by atoms with E-state index in [0.717, 1.165) is 16.3 Å². The molecule has 0 spiro atoms. The number of benzene rings is 1. The molecule has 1 aromatic carbocycles. The molecule has 0 bridgehead atoms. The van der Waals surface area contributed by atoms with Crippen LogP contribution in [0.15, 0.2) is 35.3 Å². The zero-order chi connectivity index (χ0) is 18.0. The third kappa shape index (κ3) is 3.75. The maximum atomic E-state index is 14.3. The number of hydrogen-bond acceptors (Lipinski definition) is 5. The van der Waals surface area contributed by atoms with E-state index in [1.54, 1.807) is 24.3 Å². The molecule has 1 aromatic heterocycles. The molecular weight excluding hydrogens is 329 g/mol. The second-order valence-corrected chi connectivity index (χ2v) is 5.92. The van der Waals surface area contributed by atoms with Gasteiger partial charge in [-0.3, -0.25) is 9.36 Å². The smallest absolute Gasteiger partial charge is 0.351 e. The molecule has 2 aromatic rings. The van der Waals surface area contributed by atoms with Crippen molar-refractivity contribution in [2.24, 2.45) is 0 Å². The minimum Gasteiger partial charge on any atom is -0.394 e. The fraction of sp³-hybridized carbons (Fsp3) is 0.353. The molecular formula is C17H18FN3O4. The van der Waals surface area contributed by atoms with Crippen molar-refractivity contribution in [3.63, 3.8) is 0 Å². The molecule has 7 nitrogen and oxygen atoms in total. The SMILES string of the molecule is Cc1ccc(C(=O)Nc2nc(=O)n(C3CCC(CO)O3)cc2F)cc1. The molecule has 8 heteroatoms. The predicted octanol–water partition coefficient (Wildman–Crippen LogP) is 1.61. The first-order valence-electron chi connectivity index (χ1n) is 7.91. The summed E-state index contributed by atoms with van der Waals surface area (Å²) in [5.74, 6) is -1.82. The number of carbonyl (C=O) groups is 1. The Bertz CT molecular complexity index is 835. The van der Waals surface area contributed by atoms with Crippen molar-refractivity contribution in [2.75, 3.05) is 11.9 Å². The molecule has 1 aliphatic rings. The first-order valence-corrected chi connectivity index (χ1v) is 7.91. The topological polar surface area (TPSA) is 93.5 Å². The summed E-state index contributed by atoms with van der Waals surface area (Å²) >= 11 is 0. The molecule has 25 heavy (non-hydrogen) atoms. The standard InChI is InChI=1S/C17H18FN3O4/c1-10-2-4-11(5-3-10)16(23)19-15-13(18)8-21(17(24)20-15)14-7-6-12(9-22)25-14/h2-5,8,12,14,22H,6-7,9H2,1H3,(H,19,20,23,24). The van der Waals surface area contributed by atoms with Crippen molar-refractivity contribution in [1.29, 1.82) is 0 Å². The molecule has 0 saturated carbocycles. The van der Waals surface area contributed by atoms with Crippen LogP contribution in [0.2, 0.25) is 0 Å². The summed E-state index contributed by atoms with van der Waals surface area (Å²) in [4.78, 5) is 27.9. The van der Waals surface area contributed by atoms with Crippen LogP contribution < -0.4 is 11.0 Å². The van der Waals surface area contributed by atoms with Gasteiger partial charge in [0, 0.05) is 5.56 Å². The second-order valence-electron chi connectivity index (χ2n) is 5.92. The molecule has 1 fully saturated rings. The number of nitrogens with one attached hydrogen (secondary N) is 1. The number of halogens is 1. The Kier molecular flexibility index (Phi) is 4.91. The maximum Gasteiger partial charge on any atom is 0.351 e. The Morgan fingerprint density at radius 3 is 2.76 bits per heavy atom. The fourth-order valence-electron chi connectivity index (χ4n) is 2.65. The molecule has 2 heterocycles. The van der Waals surface area contributed by atoms with E-state index in [4.69, 9.17) is 9.84 Å². The summed E-state index contributed by atoms with van der Waals surface area (Å²) < 4.78 is 20.7. The van der Waals surface area contributed by atoms with Crippen molar-refractivity contribution < 1.29 is 19.0 Å². The Morgan fingerprint density at radius 2 is 2.12 bits per heavy atom. The molecule has 0 radical (unpaired) electrons. The van der Waals surface area contributed by atoms with Crippen molar-refractivity contribution in [3.8, 4) is 0 Å². The largest absolute Gasteiger partial charge is 0.394 e. The van der Waals surface area contributed by atoms with Gasteiger partial charge in [0.1, 0.15) is 6.23 Å². The highest BCUT2D eigenvalue weighted by molar-refractivity contribution is 6.03. The average molecular weight is 347 g/mol. The number of amides is 1. The number of aliphatic hydroxyl groups excluding tert-OH is 1. The number of ether oxygens (including phenoxy) is 1. The summed E-state index contributed by atoms with van der Waals surface area (Å²) in [6.45, 7) is 1.72. The van der Waals surface area contributed by atoms with E-state index < -0.39 is 29.5 Å². The lowest BCUT2D eigenvalue weighted by Gasteiger charge is -2.15. The highest BCUT2D eigenvalue weighted by Crippen LogP contribution is 2.27. The number of rotatable bonds is 4. The summed E-state index contributed by atoms with van der Waals surface area (Å²) in [5.41, 5.74) is 0.589. The second kappa shape index (κ2) is 7.12. The Hall–Kier alpha value is -2.58. The summed E-state index contributed by atoms with van der Waals surface area (Å²) in [5, 5.41) is 11.4. The van der Waals surface area contributed by atoms with Gasteiger partial charge in [-0.15, -0.1) is 0 Å². The van der Waals surface area contributed by atoms with Gasteiger partial charge in [-0.05, 0) is 31.9 Å². The lowest BCUT2D eigenvalue weighted by molar-refractivity contribution is -0.0249. The number of carbonyl (C=O) groups excluding carboxylic acids is 1. The molecule has 2 unspecified atom stereocenters. The maximum absolute atomic E-state index is 14.3. The molecule has 3 rings (SSSR count).